The van der Waals surface area contributed by atoms with Gasteiger partial charge in [-0.05, 0) is 47.9 Å². The van der Waals surface area contributed by atoms with Crippen LogP contribution in [0.1, 0.15) is 22.8 Å². The maximum Gasteiger partial charge on any atom is 0.336 e. The molecule has 0 saturated heterocycles. The quantitative estimate of drug-likeness (QED) is 0.910. The Hall–Kier alpha value is -2.36. The van der Waals surface area contributed by atoms with Crippen molar-refractivity contribution in [1.29, 1.82) is 0 Å². The van der Waals surface area contributed by atoms with Crippen LogP contribution in [0.25, 0.3) is 11.1 Å². The van der Waals surface area contributed by atoms with Crippen molar-refractivity contribution in [3.05, 3.63) is 53.3 Å². The molecule has 1 atom stereocenters. The Kier molecular flexibility index (Phi) is 2.93. The molecule has 0 amide bonds. The smallest absolute Gasteiger partial charge is 0.336 e. The minimum Gasteiger partial charge on any atom is -0.490 e. The molecule has 0 saturated carbocycles. The SMILES string of the molecule is CC1Cc2cc(-c3ccc(F)cc3C(=O)O)ccc2O1. The topological polar surface area (TPSA) is 46.5 Å². The molecule has 3 nitrogen and oxygen atoms in total. The highest BCUT2D eigenvalue weighted by atomic mass is 19.1. The van der Waals surface area contributed by atoms with Crippen LogP contribution >= 0.6 is 0 Å². The summed E-state index contributed by atoms with van der Waals surface area (Å²) < 4.78 is 18.8. The first-order chi connectivity index (χ1) is 9.54. The molecule has 1 aliphatic heterocycles. The molecule has 0 bridgehead atoms. The number of hydrogen-bond donors (Lipinski definition) is 1. The number of fused-ring (bicyclic) bond motifs is 1. The van der Waals surface area contributed by atoms with E-state index in [1.165, 1.54) is 12.1 Å². The van der Waals surface area contributed by atoms with Gasteiger partial charge in [-0.2, -0.15) is 0 Å². The number of carboxylic acids is 1. The van der Waals surface area contributed by atoms with Crippen LogP contribution in [0.2, 0.25) is 0 Å². The lowest BCUT2D eigenvalue weighted by atomic mass is 9.97. The van der Waals surface area contributed by atoms with E-state index in [-0.39, 0.29) is 11.7 Å². The zero-order valence-electron chi connectivity index (χ0n) is 10.9. The van der Waals surface area contributed by atoms with Crippen LogP contribution < -0.4 is 4.74 Å². The fourth-order valence-corrected chi connectivity index (χ4v) is 2.53. The first-order valence-electron chi connectivity index (χ1n) is 6.37. The van der Waals surface area contributed by atoms with E-state index in [1.54, 1.807) is 6.07 Å². The van der Waals surface area contributed by atoms with Gasteiger partial charge in [-0.1, -0.05) is 12.1 Å². The number of rotatable bonds is 2. The summed E-state index contributed by atoms with van der Waals surface area (Å²) in [6.07, 6.45) is 0.930. The molecule has 2 aromatic carbocycles. The predicted molar refractivity (Wildman–Crippen MR) is 72.6 cm³/mol. The van der Waals surface area contributed by atoms with Crippen molar-refractivity contribution < 1.29 is 19.0 Å². The first-order valence-corrected chi connectivity index (χ1v) is 6.37. The van der Waals surface area contributed by atoms with Crippen LogP contribution in [0.3, 0.4) is 0 Å². The van der Waals surface area contributed by atoms with E-state index in [1.807, 2.05) is 19.1 Å². The van der Waals surface area contributed by atoms with Gasteiger partial charge in [-0.3, -0.25) is 0 Å². The van der Waals surface area contributed by atoms with Crippen molar-refractivity contribution in [3.8, 4) is 16.9 Å². The van der Waals surface area contributed by atoms with Crippen LogP contribution in [0.5, 0.6) is 5.75 Å². The van der Waals surface area contributed by atoms with Crippen LogP contribution in [0, 0.1) is 5.82 Å². The molecule has 102 valence electrons. The summed E-state index contributed by atoms with van der Waals surface area (Å²) in [6, 6.07) is 9.37. The molecule has 1 aliphatic rings. The Morgan fingerprint density at radius 1 is 1.30 bits per heavy atom. The molecule has 1 heterocycles. The van der Waals surface area contributed by atoms with Gasteiger partial charge in [-0.15, -0.1) is 0 Å². The molecule has 0 fully saturated rings. The third-order valence-corrected chi connectivity index (χ3v) is 3.42. The molecular weight excluding hydrogens is 259 g/mol. The van der Waals surface area contributed by atoms with Gasteiger partial charge in [0.05, 0.1) is 5.56 Å². The number of ether oxygens (including phenoxy) is 1. The van der Waals surface area contributed by atoms with Gasteiger partial charge in [-0.25, -0.2) is 9.18 Å². The Labute approximate surface area is 115 Å². The second kappa shape index (κ2) is 4.63. The lowest BCUT2D eigenvalue weighted by Gasteiger charge is -2.08. The second-order valence-electron chi connectivity index (χ2n) is 4.95. The molecule has 0 radical (unpaired) electrons. The van der Waals surface area contributed by atoms with Crippen molar-refractivity contribution >= 4 is 5.97 Å². The van der Waals surface area contributed by atoms with Gasteiger partial charge in [0.1, 0.15) is 17.7 Å². The molecule has 3 rings (SSSR count). The monoisotopic (exact) mass is 272 g/mol. The van der Waals surface area contributed by atoms with E-state index in [4.69, 9.17) is 4.74 Å². The summed E-state index contributed by atoms with van der Waals surface area (Å²) in [5, 5.41) is 9.20. The Morgan fingerprint density at radius 2 is 2.10 bits per heavy atom. The highest BCUT2D eigenvalue weighted by Crippen LogP contribution is 2.34. The number of benzene rings is 2. The largest absolute Gasteiger partial charge is 0.490 e. The standard InChI is InChI=1S/C16H13FO3/c1-9-6-11-7-10(2-5-15(11)20-9)13-4-3-12(17)8-14(13)16(18)19/h2-5,7-9H,6H2,1H3,(H,18,19). The highest BCUT2D eigenvalue weighted by molar-refractivity contribution is 5.96. The maximum absolute atomic E-state index is 13.2. The van der Waals surface area contributed by atoms with Crippen molar-refractivity contribution in [1.82, 2.24) is 0 Å². The van der Waals surface area contributed by atoms with E-state index in [9.17, 15) is 14.3 Å². The van der Waals surface area contributed by atoms with Crippen LogP contribution in [0.15, 0.2) is 36.4 Å². The third kappa shape index (κ3) is 2.13. The minimum absolute atomic E-state index is 0.0306. The number of carbonyl (C=O) groups is 1. The number of aromatic carboxylic acids is 1. The summed E-state index contributed by atoms with van der Waals surface area (Å²) in [4.78, 5) is 11.2. The normalized spacial score (nSPS) is 16.6. The fraction of sp³-hybridized carbons (Fsp3) is 0.188. The van der Waals surface area contributed by atoms with E-state index < -0.39 is 11.8 Å². The van der Waals surface area contributed by atoms with Gasteiger partial charge in [0.25, 0.3) is 0 Å². The van der Waals surface area contributed by atoms with Crippen molar-refractivity contribution in [2.45, 2.75) is 19.4 Å². The van der Waals surface area contributed by atoms with Crippen LogP contribution in [-0.4, -0.2) is 17.2 Å². The Balaban J connectivity index is 2.11. The van der Waals surface area contributed by atoms with Crippen LogP contribution in [-0.2, 0) is 6.42 Å². The molecule has 1 N–H and O–H groups in total. The second-order valence-corrected chi connectivity index (χ2v) is 4.95. The maximum atomic E-state index is 13.2. The van der Waals surface area contributed by atoms with Gasteiger partial charge in [0.2, 0.25) is 0 Å². The average molecular weight is 272 g/mol. The predicted octanol–water partition coefficient (Wildman–Crippen LogP) is 3.51. The van der Waals surface area contributed by atoms with Gasteiger partial charge in [0.15, 0.2) is 0 Å². The number of halogens is 1. The van der Waals surface area contributed by atoms with E-state index in [2.05, 4.69) is 0 Å². The summed E-state index contributed by atoms with van der Waals surface area (Å²) in [6.45, 7) is 1.99. The lowest BCUT2D eigenvalue weighted by molar-refractivity contribution is 0.0697. The first kappa shape index (κ1) is 12.7. The molecular formula is C16H13FO3. The molecule has 2 aromatic rings. The van der Waals surface area contributed by atoms with Gasteiger partial charge in [0, 0.05) is 6.42 Å². The summed E-state index contributed by atoms with van der Waals surface area (Å²) in [7, 11) is 0. The minimum atomic E-state index is -1.13. The molecule has 0 aromatic heterocycles. The lowest BCUT2D eigenvalue weighted by Crippen LogP contribution is -2.05. The number of hydrogen-bond acceptors (Lipinski definition) is 2. The molecule has 0 aliphatic carbocycles. The Morgan fingerprint density at radius 3 is 2.85 bits per heavy atom. The molecule has 0 spiro atoms. The van der Waals surface area contributed by atoms with Gasteiger partial charge >= 0.3 is 5.97 Å². The van der Waals surface area contributed by atoms with Crippen molar-refractivity contribution in [2.24, 2.45) is 0 Å². The third-order valence-electron chi connectivity index (χ3n) is 3.42. The summed E-state index contributed by atoms with van der Waals surface area (Å²) >= 11 is 0. The van der Waals surface area contributed by atoms with Crippen molar-refractivity contribution in [2.75, 3.05) is 0 Å². The van der Waals surface area contributed by atoms with Gasteiger partial charge < -0.3 is 9.84 Å². The zero-order valence-corrected chi connectivity index (χ0v) is 10.9. The highest BCUT2D eigenvalue weighted by Gasteiger charge is 2.20. The van der Waals surface area contributed by atoms with Crippen molar-refractivity contribution in [3.63, 3.8) is 0 Å². The summed E-state index contributed by atoms with van der Waals surface area (Å²) in [5.74, 6) is -0.853. The molecule has 1 unspecified atom stereocenters. The van der Waals surface area contributed by atoms with E-state index in [0.29, 0.717) is 5.56 Å². The average Bonchev–Trinajstić information content (AvgIpc) is 2.77. The van der Waals surface area contributed by atoms with E-state index >= 15 is 0 Å². The molecule has 20 heavy (non-hydrogen) atoms. The summed E-state index contributed by atoms with van der Waals surface area (Å²) in [5.41, 5.74) is 2.30. The zero-order chi connectivity index (χ0) is 14.3. The van der Waals surface area contributed by atoms with E-state index in [0.717, 1.165) is 29.4 Å². The number of carboxylic acid groups (broad SMARTS) is 1. The Bertz CT molecular complexity index is 694. The fourth-order valence-electron chi connectivity index (χ4n) is 2.53. The molecule has 4 heteroatoms. The van der Waals surface area contributed by atoms with Crippen LogP contribution in [0.4, 0.5) is 4.39 Å².